The smallest absolute Gasteiger partial charge is 0.335 e. The zero-order valence-electron chi connectivity index (χ0n) is 10.3. The number of carbonyl (C=O) groups excluding carboxylic acids is 1. The van der Waals surface area contributed by atoms with Crippen LogP contribution in [0.5, 0.6) is 0 Å². The Morgan fingerprint density at radius 3 is 2.78 bits per heavy atom. The first-order valence-corrected chi connectivity index (χ1v) is 6.32. The van der Waals surface area contributed by atoms with E-state index in [4.69, 9.17) is 4.74 Å². The van der Waals surface area contributed by atoms with Crippen LogP contribution in [0.2, 0.25) is 0 Å². The molecule has 0 heterocycles. The van der Waals surface area contributed by atoms with Crippen molar-refractivity contribution in [3.05, 3.63) is 47.5 Å². The standard InChI is InChI=1S/C15H18O3/c16-14(10-12-6-4-5-7-12)15(17)18-11-13-8-2-1-3-9-13/h1-3,6,8-9,14,16H,4-5,7,10-11H2. The van der Waals surface area contributed by atoms with Crippen molar-refractivity contribution in [1.29, 1.82) is 0 Å². The molecule has 96 valence electrons. The molecule has 1 aliphatic rings. The molecule has 1 atom stereocenters. The Morgan fingerprint density at radius 2 is 2.11 bits per heavy atom. The molecule has 0 fully saturated rings. The van der Waals surface area contributed by atoms with Gasteiger partial charge in [0.05, 0.1) is 0 Å². The van der Waals surface area contributed by atoms with Crippen LogP contribution in [0.25, 0.3) is 0 Å². The number of ether oxygens (including phenoxy) is 1. The van der Waals surface area contributed by atoms with E-state index >= 15 is 0 Å². The minimum atomic E-state index is -1.03. The van der Waals surface area contributed by atoms with Gasteiger partial charge in [-0.15, -0.1) is 0 Å². The number of carbonyl (C=O) groups is 1. The van der Waals surface area contributed by atoms with E-state index in [1.54, 1.807) is 0 Å². The summed E-state index contributed by atoms with van der Waals surface area (Å²) in [6, 6.07) is 9.47. The molecule has 0 spiro atoms. The fraction of sp³-hybridized carbons (Fsp3) is 0.400. The van der Waals surface area contributed by atoms with E-state index in [2.05, 4.69) is 6.08 Å². The maximum atomic E-state index is 11.6. The molecule has 1 unspecified atom stereocenters. The summed E-state index contributed by atoms with van der Waals surface area (Å²) in [5.74, 6) is -0.536. The summed E-state index contributed by atoms with van der Waals surface area (Å²) in [6.45, 7) is 0.218. The number of allylic oxidation sites excluding steroid dienone is 1. The minimum Gasteiger partial charge on any atom is -0.459 e. The lowest BCUT2D eigenvalue weighted by Crippen LogP contribution is -2.23. The second kappa shape index (κ2) is 6.36. The number of esters is 1. The van der Waals surface area contributed by atoms with Gasteiger partial charge in [-0.25, -0.2) is 4.79 Å². The number of hydrogen-bond donors (Lipinski definition) is 1. The summed E-state index contributed by atoms with van der Waals surface area (Å²) < 4.78 is 5.08. The maximum Gasteiger partial charge on any atom is 0.335 e. The number of benzene rings is 1. The lowest BCUT2D eigenvalue weighted by atomic mass is 10.1. The zero-order chi connectivity index (χ0) is 12.8. The molecule has 0 radical (unpaired) electrons. The Bertz CT molecular complexity index is 423. The van der Waals surface area contributed by atoms with Crippen LogP contribution in [0.1, 0.15) is 31.2 Å². The SMILES string of the molecule is O=C(OCc1ccccc1)C(O)CC1=CCCC1. The highest BCUT2D eigenvalue weighted by Gasteiger charge is 2.19. The number of aliphatic hydroxyl groups is 1. The third-order valence-corrected chi connectivity index (χ3v) is 3.09. The molecule has 3 heteroatoms. The normalized spacial score (nSPS) is 16.2. The molecule has 1 aromatic carbocycles. The summed E-state index contributed by atoms with van der Waals surface area (Å²) in [4.78, 5) is 11.6. The minimum absolute atomic E-state index is 0.218. The molecule has 0 aromatic heterocycles. The second-order valence-corrected chi connectivity index (χ2v) is 4.57. The third-order valence-electron chi connectivity index (χ3n) is 3.09. The van der Waals surface area contributed by atoms with Crippen LogP contribution in [0.3, 0.4) is 0 Å². The summed E-state index contributed by atoms with van der Waals surface area (Å²) in [7, 11) is 0. The van der Waals surface area contributed by atoms with Crippen molar-refractivity contribution in [3.63, 3.8) is 0 Å². The monoisotopic (exact) mass is 246 g/mol. The highest BCUT2D eigenvalue weighted by Crippen LogP contribution is 2.22. The Kier molecular flexibility index (Phi) is 4.53. The first kappa shape index (κ1) is 12.8. The van der Waals surface area contributed by atoms with Crippen molar-refractivity contribution >= 4 is 5.97 Å². The molecular weight excluding hydrogens is 228 g/mol. The van der Waals surface area contributed by atoms with E-state index in [0.29, 0.717) is 6.42 Å². The van der Waals surface area contributed by atoms with Gasteiger partial charge in [0.2, 0.25) is 0 Å². The van der Waals surface area contributed by atoms with Crippen LogP contribution in [0.4, 0.5) is 0 Å². The van der Waals surface area contributed by atoms with Gasteiger partial charge in [0.1, 0.15) is 6.61 Å². The number of hydrogen-bond acceptors (Lipinski definition) is 3. The fourth-order valence-corrected chi connectivity index (χ4v) is 2.08. The van der Waals surface area contributed by atoms with E-state index < -0.39 is 12.1 Å². The van der Waals surface area contributed by atoms with Gasteiger partial charge in [-0.2, -0.15) is 0 Å². The van der Waals surface area contributed by atoms with Crippen molar-refractivity contribution < 1.29 is 14.6 Å². The van der Waals surface area contributed by atoms with Crippen LogP contribution in [0, 0.1) is 0 Å². The third kappa shape index (κ3) is 3.70. The van der Waals surface area contributed by atoms with Crippen LogP contribution < -0.4 is 0 Å². The largest absolute Gasteiger partial charge is 0.459 e. The highest BCUT2D eigenvalue weighted by atomic mass is 16.5. The molecule has 0 aliphatic heterocycles. The molecule has 0 saturated carbocycles. The molecule has 1 aromatic rings. The molecular formula is C15H18O3. The van der Waals surface area contributed by atoms with Crippen LogP contribution in [-0.4, -0.2) is 17.2 Å². The van der Waals surface area contributed by atoms with E-state index in [-0.39, 0.29) is 6.61 Å². The van der Waals surface area contributed by atoms with E-state index in [1.165, 1.54) is 5.57 Å². The highest BCUT2D eigenvalue weighted by molar-refractivity contribution is 5.74. The molecule has 3 nitrogen and oxygen atoms in total. The van der Waals surface area contributed by atoms with Gasteiger partial charge in [0, 0.05) is 6.42 Å². The number of rotatable bonds is 5. The Balaban J connectivity index is 1.77. The lowest BCUT2D eigenvalue weighted by Gasteiger charge is -2.11. The molecule has 0 amide bonds. The first-order chi connectivity index (χ1) is 8.75. The first-order valence-electron chi connectivity index (χ1n) is 6.32. The van der Waals surface area contributed by atoms with Gasteiger partial charge in [-0.3, -0.25) is 0 Å². The fourth-order valence-electron chi connectivity index (χ4n) is 2.08. The Hall–Kier alpha value is -1.61. The quantitative estimate of drug-likeness (QED) is 0.641. The van der Waals surface area contributed by atoms with Gasteiger partial charge in [0.25, 0.3) is 0 Å². The average molecular weight is 246 g/mol. The lowest BCUT2D eigenvalue weighted by molar-refractivity contribution is -0.154. The van der Waals surface area contributed by atoms with Crippen molar-refractivity contribution in [2.24, 2.45) is 0 Å². The summed E-state index contributed by atoms with van der Waals surface area (Å²) in [6.07, 6.45) is 4.66. The van der Waals surface area contributed by atoms with Gasteiger partial charge in [-0.1, -0.05) is 42.0 Å². The van der Waals surface area contributed by atoms with Gasteiger partial charge in [-0.05, 0) is 24.8 Å². The number of aliphatic hydroxyl groups excluding tert-OH is 1. The molecule has 0 saturated heterocycles. The van der Waals surface area contributed by atoms with E-state index in [1.807, 2.05) is 30.3 Å². The van der Waals surface area contributed by atoms with Crippen molar-refractivity contribution in [2.45, 2.75) is 38.4 Å². The van der Waals surface area contributed by atoms with E-state index in [9.17, 15) is 9.90 Å². The molecule has 2 rings (SSSR count). The van der Waals surface area contributed by atoms with Crippen molar-refractivity contribution in [1.82, 2.24) is 0 Å². The van der Waals surface area contributed by atoms with Crippen LogP contribution in [0.15, 0.2) is 42.0 Å². The van der Waals surface area contributed by atoms with E-state index in [0.717, 1.165) is 24.8 Å². The average Bonchev–Trinajstić information content (AvgIpc) is 2.90. The van der Waals surface area contributed by atoms with Gasteiger partial charge < -0.3 is 9.84 Å². The maximum absolute atomic E-state index is 11.6. The second-order valence-electron chi connectivity index (χ2n) is 4.57. The van der Waals surface area contributed by atoms with Crippen LogP contribution >= 0.6 is 0 Å². The van der Waals surface area contributed by atoms with Crippen molar-refractivity contribution in [3.8, 4) is 0 Å². The summed E-state index contributed by atoms with van der Waals surface area (Å²) in [5, 5.41) is 9.74. The zero-order valence-corrected chi connectivity index (χ0v) is 10.3. The topological polar surface area (TPSA) is 46.5 Å². The molecule has 1 aliphatic carbocycles. The molecule has 1 N–H and O–H groups in total. The van der Waals surface area contributed by atoms with Gasteiger partial charge in [0.15, 0.2) is 6.10 Å². The predicted molar refractivity (Wildman–Crippen MR) is 68.8 cm³/mol. The van der Waals surface area contributed by atoms with Gasteiger partial charge >= 0.3 is 5.97 Å². The molecule has 18 heavy (non-hydrogen) atoms. The molecule has 0 bridgehead atoms. The predicted octanol–water partition coefficient (Wildman–Crippen LogP) is 2.59. The summed E-state index contributed by atoms with van der Waals surface area (Å²) in [5.41, 5.74) is 2.09. The Labute approximate surface area is 107 Å². The van der Waals surface area contributed by atoms with Crippen molar-refractivity contribution in [2.75, 3.05) is 0 Å². The Morgan fingerprint density at radius 1 is 1.33 bits per heavy atom. The summed E-state index contributed by atoms with van der Waals surface area (Å²) >= 11 is 0. The van der Waals surface area contributed by atoms with Crippen LogP contribution in [-0.2, 0) is 16.1 Å².